The lowest BCUT2D eigenvalue weighted by atomic mass is 9.73. The van der Waals surface area contributed by atoms with E-state index >= 15 is 26.3 Å². The van der Waals surface area contributed by atoms with Crippen LogP contribution in [0.4, 0.5) is 52.7 Å². The average Bonchev–Trinajstić information content (AvgIpc) is 0.718. The molecule has 2 saturated heterocycles. The Balaban J connectivity index is 0.000000230. The molecule has 0 saturated carbocycles. The number of aryl methyl sites for hydroxylation is 2. The van der Waals surface area contributed by atoms with E-state index in [4.69, 9.17) is 65.8 Å². The first-order valence-electron chi connectivity index (χ1n) is 44.4. The first kappa shape index (κ1) is 98.9. The fraction of sp³-hybridized carbons (Fsp3) is 0.159. The van der Waals surface area contributed by atoms with Crippen LogP contribution in [-0.4, -0.2) is 79.4 Å². The van der Waals surface area contributed by atoms with Gasteiger partial charge in [0.1, 0.15) is 69.0 Å². The Morgan fingerprint density at radius 3 is 0.823 bits per heavy atom. The van der Waals surface area contributed by atoms with Crippen molar-refractivity contribution in [3.8, 4) is 80.1 Å². The highest BCUT2D eigenvalue weighted by molar-refractivity contribution is 6.31. The van der Waals surface area contributed by atoms with E-state index in [1.54, 1.807) is 133 Å². The molecule has 0 N–H and O–H groups in total. The minimum atomic E-state index is -5.85. The van der Waals surface area contributed by atoms with Crippen molar-refractivity contribution in [1.29, 1.82) is 0 Å². The van der Waals surface area contributed by atoms with E-state index < -0.39 is 64.1 Å². The molecule has 2 aliphatic heterocycles. The van der Waals surface area contributed by atoms with Crippen LogP contribution in [-0.2, 0) is 20.3 Å². The van der Waals surface area contributed by atoms with Crippen LogP contribution in [0.5, 0.6) is 69.0 Å². The topological polar surface area (TPSA) is 168 Å². The SMILES string of the molecule is Cc1ccc(C(=O)c2ccc(Oc3ccc(C(c4ccc(Oc5ccc(C(=O)c6ccc(-c7ccc(C)c(C(=O)c8cc(Oc9ccc(OC%10CCCCO%10)cc9)ccc8OC8CCCCO8)c7)cc6)cc5)cc4)(C(F)(F)F)C(F)(F)F)cc3)cc2)cc1.O=C(c1ccc(Cl)cc1)c1ccc(Oc2ccc(C(c3ccc(Oc4ccc(C(=O)c5ccc(Cl)cc5)cc4)cc3)(C(F)(F)F)C(F)(F)F)cc2)cc1. The van der Waals surface area contributed by atoms with Crippen LogP contribution >= 0.6 is 23.2 Å². The molecule has 141 heavy (non-hydrogen) atoms. The van der Waals surface area contributed by atoms with Crippen LogP contribution < -0.4 is 33.2 Å². The molecule has 2 heterocycles. The average molecular weight is 1960 g/mol. The number of halogens is 14. The first-order chi connectivity index (χ1) is 67.5. The van der Waals surface area contributed by atoms with Crippen LogP contribution in [0.3, 0.4) is 0 Å². The molecule has 17 rings (SSSR count). The summed E-state index contributed by atoms with van der Waals surface area (Å²) in [7, 11) is 0. The van der Waals surface area contributed by atoms with Crippen LogP contribution in [0.2, 0.25) is 10.0 Å². The summed E-state index contributed by atoms with van der Waals surface area (Å²) in [5.41, 5.74) is -6.45. The van der Waals surface area contributed by atoms with Crippen molar-refractivity contribution in [3.63, 3.8) is 0 Å². The van der Waals surface area contributed by atoms with Crippen LogP contribution in [0.25, 0.3) is 11.1 Å². The van der Waals surface area contributed by atoms with Crippen molar-refractivity contribution < 1.29 is 119 Å². The Hall–Kier alpha value is -15.1. The number of carbonyl (C=O) groups excluding carboxylic acids is 5. The van der Waals surface area contributed by atoms with Gasteiger partial charge in [-0.05, 0) is 321 Å². The predicted octanol–water partition coefficient (Wildman–Crippen LogP) is 30.7. The zero-order valence-corrected chi connectivity index (χ0v) is 76.3. The minimum absolute atomic E-state index is 0.0339. The fourth-order valence-electron chi connectivity index (χ4n) is 16.4. The number of carbonyl (C=O) groups is 5. The van der Waals surface area contributed by atoms with Gasteiger partial charge >= 0.3 is 24.7 Å². The molecule has 2 unspecified atom stereocenters. The lowest BCUT2D eigenvalue weighted by molar-refractivity contribution is -0.290. The van der Waals surface area contributed by atoms with Gasteiger partial charge in [-0.1, -0.05) is 138 Å². The predicted molar refractivity (Wildman–Crippen MR) is 507 cm³/mol. The van der Waals surface area contributed by atoms with E-state index in [0.717, 1.165) is 122 Å². The Labute approximate surface area is 811 Å². The third-order valence-corrected chi connectivity index (χ3v) is 24.3. The van der Waals surface area contributed by atoms with Crippen molar-refractivity contribution in [1.82, 2.24) is 0 Å². The van der Waals surface area contributed by atoms with Gasteiger partial charge in [-0.15, -0.1) is 0 Å². The Bertz CT molecular complexity index is 6760. The molecule has 2 aliphatic rings. The van der Waals surface area contributed by atoms with Crippen molar-refractivity contribution in [2.75, 3.05) is 13.2 Å². The Kier molecular flexibility index (Phi) is 29.7. The van der Waals surface area contributed by atoms with Crippen molar-refractivity contribution in [2.45, 2.75) is 100 Å². The lowest BCUT2D eigenvalue weighted by Gasteiger charge is -2.38. The molecule has 15 aromatic rings. The molecule has 0 bridgehead atoms. The summed E-state index contributed by atoms with van der Waals surface area (Å²) in [6.07, 6.45) is -18.7. The zero-order chi connectivity index (χ0) is 99.5. The van der Waals surface area contributed by atoms with E-state index in [2.05, 4.69) is 0 Å². The van der Waals surface area contributed by atoms with E-state index in [0.29, 0.717) is 127 Å². The smallest absolute Gasteiger partial charge is 0.411 e. The summed E-state index contributed by atoms with van der Waals surface area (Å²) < 4.78 is 232. The van der Waals surface area contributed by atoms with Gasteiger partial charge in [-0.3, -0.25) is 24.0 Å². The highest BCUT2D eigenvalue weighted by Gasteiger charge is 2.74. The maximum absolute atomic E-state index is 15.1. The molecular formula is C113H82Cl2F12O14. The molecule has 14 nitrogen and oxygen atoms in total. The van der Waals surface area contributed by atoms with Gasteiger partial charge < -0.3 is 42.6 Å². The largest absolute Gasteiger partial charge is 0.465 e. The normalized spacial score (nSPS) is 14.1. The van der Waals surface area contributed by atoms with Gasteiger partial charge in [0.15, 0.2) is 41.5 Å². The maximum Gasteiger partial charge on any atom is 0.411 e. The van der Waals surface area contributed by atoms with E-state index in [1.165, 1.54) is 97.1 Å². The summed E-state index contributed by atoms with van der Waals surface area (Å²) in [5, 5.41) is 0.931. The summed E-state index contributed by atoms with van der Waals surface area (Å²) >= 11 is 11.7. The Morgan fingerprint density at radius 2 is 0.518 bits per heavy atom. The van der Waals surface area contributed by atoms with Gasteiger partial charge in [0.25, 0.3) is 0 Å². The third-order valence-electron chi connectivity index (χ3n) is 23.8. The number of benzene rings is 15. The summed E-state index contributed by atoms with van der Waals surface area (Å²) in [6, 6.07) is 81.7. The number of hydrogen-bond donors (Lipinski definition) is 0. The van der Waals surface area contributed by atoms with Gasteiger partial charge in [-0.2, -0.15) is 52.7 Å². The number of ketones is 5. The highest BCUT2D eigenvalue weighted by Crippen LogP contribution is 2.59. The number of hydrogen-bond acceptors (Lipinski definition) is 14. The van der Waals surface area contributed by atoms with Crippen molar-refractivity contribution in [2.24, 2.45) is 0 Å². The number of alkyl halides is 12. The molecular weight excluding hydrogens is 1880 g/mol. The lowest BCUT2D eigenvalue weighted by Crippen LogP contribution is -2.54. The van der Waals surface area contributed by atoms with Gasteiger partial charge in [0, 0.05) is 73.0 Å². The molecule has 2 fully saturated rings. The minimum Gasteiger partial charge on any atom is -0.465 e. The molecule has 2 atom stereocenters. The molecule has 0 radical (unpaired) electrons. The zero-order valence-electron chi connectivity index (χ0n) is 74.8. The number of ether oxygens (including phenoxy) is 9. The Morgan fingerprint density at radius 1 is 0.262 bits per heavy atom. The molecule has 0 amide bonds. The standard InChI is InChI=1S/C72H58F6O10.C41H24Cl2F6O4/c1-45-9-12-48(13-10-45)67(79)50-19-27-55(28-20-50)84-57-31-23-53(24-32-57)70(71(73,74)75,72(76,77)78)54-25-33-58(34-26-54)85-56-29-21-51(22-30-56)68(80)49-17-15-47(16-18-49)52-14-11-46(2)62(43-52)69(81)63-44-61(39-40-64(63)88-66-8-4-6-42-83-66)86-59-35-37-60(38-36-59)87-65-7-3-5-41-82-65;42-31-13-1-25(2-14-31)37(50)27-5-17-33(18-6-27)52-35-21-9-29(10-22-35)39(40(44,45)46,41(47,48)49)30-11-23-36(24-12-30)53-34-19-7-28(8-20-34)38(51)26-3-15-32(43)16-4-26/h9-40,43-44,65-66H,3-8,41-42H2,1-2H3;1-24H. The molecule has 15 aromatic carbocycles. The summed E-state index contributed by atoms with van der Waals surface area (Å²) in [6.45, 7) is 4.95. The van der Waals surface area contributed by atoms with Gasteiger partial charge in [0.05, 0.1) is 18.8 Å². The fourth-order valence-corrected chi connectivity index (χ4v) is 16.6. The van der Waals surface area contributed by atoms with E-state index in [9.17, 15) is 50.3 Å². The van der Waals surface area contributed by atoms with Gasteiger partial charge in [0.2, 0.25) is 10.8 Å². The summed E-state index contributed by atoms with van der Waals surface area (Å²) in [5.74, 6) is 1.09. The molecule has 28 heteroatoms. The quantitative estimate of drug-likeness (QED) is 0.0321. The second kappa shape index (κ2) is 42.3. The first-order valence-corrected chi connectivity index (χ1v) is 45.1. The molecule has 0 aromatic heterocycles. The van der Waals surface area contributed by atoms with Gasteiger partial charge in [-0.25, -0.2) is 0 Å². The molecule has 0 aliphatic carbocycles. The highest BCUT2D eigenvalue weighted by atomic mass is 35.5. The third kappa shape index (κ3) is 22.6. The molecule has 716 valence electrons. The maximum atomic E-state index is 15.1. The van der Waals surface area contributed by atoms with E-state index in [1.807, 2.05) is 38.1 Å². The second-order valence-corrected chi connectivity index (χ2v) is 34.2. The van der Waals surface area contributed by atoms with Crippen LogP contribution in [0, 0.1) is 13.8 Å². The molecule has 0 spiro atoms. The number of rotatable bonds is 29. The van der Waals surface area contributed by atoms with E-state index in [-0.39, 0.29) is 92.3 Å². The van der Waals surface area contributed by atoms with Crippen molar-refractivity contribution in [3.05, 3.63) is 451 Å². The monoisotopic (exact) mass is 1960 g/mol. The summed E-state index contributed by atoms with van der Waals surface area (Å²) in [4.78, 5) is 66.9. The van der Waals surface area contributed by atoms with Crippen molar-refractivity contribution >= 4 is 52.1 Å². The van der Waals surface area contributed by atoms with Crippen LogP contribution in [0.15, 0.2) is 352 Å². The van der Waals surface area contributed by atoms with Crippen LogP contribution in [0.1, 0.15) is 152 Å². The second-order valence-electron chi connectivity index (χ2n) is 33.3.